The maximum absolute atomic E-state index is 10.7. The predicted molar refractivity (Wildman–Crippen MR) is 77.5 cm³/mol. The number of nitrogens with two attached hydrogens (primary N) is 2. The summed E-state index contributed by atoms with van der Waals surface area (Å²) >= 11 is 1.85. The molecule has 1 atom stereocenters. The van der Waals surface area contributed by atoms with E-state index in [0.717, 1.165) is 18.1 Å². The lowest BCUT2D eigenvalue weighted by atomic mass is 10.3. The van der Waals surface area contributed by atoms with Gasteiger partial charge in [0.05, 0.1) is 6.07 Å². The van der Waals surface area contributed by atoms with E-state index in [1.165, 1.54) is 6.07 Å². The van der Waals surface area contributed by atoms with Gasteiger partial charge in [0.25, 0.3) is 0 Å². The third kappa shape index (κ3) is 4.23. The molecule has 0 bridgehead atoms. The Morgan fingerprint density at radius 3 is 2.76 bits per heavy atom. The number of aromatic nitrogens is 2. The van der Waals surface area contributed by atoms with E-state index >= 15 is 0 Å². The molecule has 12 heteroatoms. The molecule has 1 saturated heterocycles. The van der Waals surface area contributed by atoms with Crippen LogP contribution in [0.15, 0.2) is 6.07 Å². The van der Waals surface area contributed by atoms with Crippen molar-refractivity contribution in [3.63, 3.8) is 0 Å². The van der Waals surface area contributed by atoms with E-state index in [1.807, 2.05) is 16.7 Å². The SMILES string of the molecule is CC1CSCCN1c1cc(N)[n+](OS(=O)(=O)O)c(N)n1.[OH-]. The van der Waals surface area contributed by atoms with Crippen molar-refractivity contribution < 1.29 is 27.5 Å². The molecule has 0 saturated carbocycles. The van der Waals surface area contributed by atoms with E-state index in [9.17, 15) is 8.42 Å². The highest BCUT2D eigenvalue weighted by atomic mass is 32.3. The highest BCUT2D eigenvalue weighted by Crippen LogP contribution is 2.23. The van der Waals surface area contributed by atoms with Crippen molar-refractivity contribution in [1.82, 2.24) is 4.98 Å². The fourth-order valence-corrected chi connectivity index (χ4v) is 3.27. The first-order chi connectivity index (χ1) is 9.28. The van der Waals surface area contributed by atoms with Gasteiger partial charge in [0.1, 0.15) is 0 Å². The van der Waals surface area contributed by atoms with Gasteiger partial charge in [-0.15, -0.1) is 0 Å². The number of thioether (sulfide) groups is 1. The lowest BCUT2D eigenvalue weighted by Gasteiger charge is -2.32. The largest absolute Gasteiger partial charge is 0.870 e. The summed E-state index contributed by atoms with van der Waals surface area (Å²) in [5.41, 5.74) is 11.3. The molecule has 0 aliphatic carbocycles. The quantitative estimate of drug-likeness (QED) is 0.437. The zero-order valence-electron chi connectivity index (χ0n) is 11.2. The maximum Gasteiger partial charge on any atom is 0.474 e. The molecule has 10 nitrogen and oxygen atoms in total. The zero-order chi connectivity index (χ0) is 14.9. The Balaban J connectivity index is 0.00000220. The van der Waals surface area contributed by atoms with Crippen molar-refractivity contribution in [3.8, 4) is 0 Å². The smallest absolute Gasteiger partial charge is 0.474 e. The molecule has 2 rings (SSSR count). The highest BCUT2D eigenvalue weighted by molar-refractivity contribution is 7.99. The number of nitrogens with zero attached hydrogens (tertiary/aromatic N) is 3. The van der Waals surface area contributed by atoms with Crippen molar-refractivity contribution >= 4 is 39.7 Å². The summed E-state index contributed by atoms with van der Waals surface area (Å²) in [5.74, 6) is 2.13. The minimum absolute atomic E-state index is 0. The minimum Gasteiger partial charge on any atom is -0.870 e. The molecule has 1 aliphatic heterocycles. The Kier molecular flexibility index (Phi) is 5.44. The molecule has 0 spiro atoms. The van der Waals surface area contributed by atoms with Crippen molar-refractivity contribution in [2.45, 2.75) is 13.0 Å². The Bertz CT molecular complexity index is 588. The molecule has 6 N–H and O–H groups in total. The van der Waals surface area contributed by atoms with Gasteiger partial charge in [-0.1, -0.05) is 4.98 Å². The summed E-state index contributed by atoms with van der Waals surface area (Å²) < 4.78 is 34.9. The van der Waals surface area contributed by atoms with Gasteiger partial charge in [0.15, 0.2) is 5.82 Å². The van der Waals surface area contributed by atoms with Crippen LogP contribution in [-0.2, 0) is 10.4 Å². The lowest BCUT2D eigenvalue weighted by molar-refractivity contribution is -0.835. The Hall–Kier alpha value is -1.50. The van der Waals surface area contributed by atoms with Crippen molar-refractivity contribution in [2.75, 3.05) is 34.4 Å². The monoisotopic (exact) mass is 339 g/mol. The average molecular weight is 339 g/mol. The second-order valence-corrected chi connectivity index (χ2v) is 6.47. The molecule has 1 aromatic rings. The van der Waals surface area contributed by atoms with E-state index in [4.69, 9.17) is 16.0 Å². The fourth-order valence-electron chi connectivity index (χ4n) is 1.91. The zero-order valence-corrected chi connectivity index (χ0v) is 12.8. The van der Waals surface area contributed by atoms with Crippen LogP contribution in [-0.4, -0.2) is 47.5 Å². The molecule has 21 heavy (non-hydrogen) atoms. The van der Waals surface area contributed by atoms with Crippen molar-refractivity contribution in [1.29, 1.82) is 0 Å². The van der Waals surface area contributed by atoms with Crippen LogP contribution in [0.3, 0.4) is 0 Å². The van der Waals surface area contributed by atoms with E-state index in [0.29, 0.717) is 10.5 Å². The van der Waals surface area contributed by atoms with Gasteiger partial charge in [-0.05, 0) is 11.7 Å². The first-order valence-corrected chi connectivity index (χ1v) is 8.30. The van der Waals surface area contributed by atoms with Gasteiger partial charge >= 0.3 is 16.3 Å². The van der Waals surface area contributed by atoms with Crippen molar-refractivity contribution in [2.24, 2.45) is 0 Å². The Morgan fingerprint density at radius 1 is 1.57 bits per heavy atom. The van der Waals surface area contributed by atoms with E-state index in [2.05, 4.69) is 16.2 Å². The molecule has 0 aromatic carbocycles. The van der Waals surface area contributed by atoms with Gasteiger partial charge in [-0.3, -0.25) is 4.55 Å². The van der Waals surface area contributed by atoms with Crippen molar-refractivity contribution in [3.05, 3.63) is 6.07 Å². The summed E-state index contributed by atoms with van der Waals surface area (Å²) in [6, 6.07) is 1.71. The number of anilines is 3. The first kappa shape index (κ1) is 17.6. The highest BCUT2D eigenvalue weighted by Gasteiger charge is 2.26. The van der Waals surface area contributed by atoms with E-state index in [-0.39, 0.29) is 23.3 Å². The molecule has 1 aromatic heterocycles. The van der Waals surface area contributed by atoms with Gasteiger partial charge in [0, 0.05) is 24.1 Å². The molecule has 1 fully saturated rings. The molecule has 1 unspecified atom stereocenters. The average Bonchev–Trinajstić information content (AvgIpc) is 2.33. The minimum atomic E-state index is -4.72. The third-order valence-corrected chi connectivity index (χ3v) is 4.31. The molecular weight excluding hydrogens is 322 g/mol. The standard InChI is InChI=1S/C9H15N5O4S2.H2O/c1-6-5-19-3-2-13(6)8-4-7(10)14(9(11)12-8)18-20(15,16)17;/h4,6H,2-3,5H2,1H3,(H4,10,11,12,15,16,17);1H2. The van der Waals surface area contributed by atoms with Gasteiger partial charge in [-0.2, -0.15) is 20.2 Å². The molecule has 120 valence electrons. The third-order valence-electron chi connectivity index (χ3n) is 2.78. The summed E-state index contributed by atoms with van der Waals surface area (Å²) in [7, 11) is -4.72. The first-order valence-electron chi connectivity index (χ1n) is 5.78. The lowest BCUT2D eigenvalue weighted by Crippen LogP contribution is -2.51. The number of hydrogen-bond acceptors (Lipinski definition) is 9. The van der Waals surface area contributed by atoms with Crippen LogP contribution in [0.25, 0.3) is 0 Å². The second-order valence-electron chi connectivity index (χ2n) is 4.31. The number of nitrogen functional groups attached to an aromatic ring is 2. The molecule has 2 heterocycles. The maximum atomic E-state index is 10.7. The van der Waals surface area contributed by atoms with Gasteiger partial charge in [0.2, 0.25) is 5.82 Å². The van der Waals surface area contributed by atoms with Crippen LogP contribution in [0.4, 0.5) is 17.6 Å². The fraction of sp³-hybridized carbons (Fsp3) is 0.556. The molecular formula is C9H17N5O5S2. The molecule has 1 aliphatic rings. The number of rotatable bonds is 3. The topological polar surface area (TPSA) is 166 Å². The van der Waals surface area contributed by atoms with Crippen LogP contribution in [0, 0.1) is 0 Å². The van der Waals surface area contributed by atoms with Crippen LogP contribution < -0.4 is 25.4 Å². The predicted octanol–water partition coefficient (Wildman–Crippen LogP) is -1.47. The normalized spacial score (nSPS) is 19.0. The molecule has 0 radical (unpaired) electrons. The summed E-state index contributed by atoms with van der Waals surface area (Å²) in [4.78, 5) is 6.10. The van der Waals surface area contributed by atoms with Gasteiger partial charge in [-0.25, -0.2) is 4.28 Å². The van der Waals surface area contributed by atoms with E-state index < -0.39 is 10.4 Å². The molecule has 0 amide bonds. The van der Waals surface area contributed by atoms with Crippen LogP contribution in [0.5, 0.6) is 0 Å². The Morgan fingerprint density at radius 2 is 2.24 bits per heavy atom. The number of hydrogen-bond donors (Lipinski definition) is 3. The van der Waals surface area contributed by atoms with Crippen LogP contribution >= 0.6 is 11.8 Å². The van der Waals surface area contributed by atoms with Crippen LogP contribution in [0.1, 0.15) is 6.92 Å². The summed E-state index contributed by atoms with van der Waals surface area (Å²) in [5, 5.41) is 0. The Labute approximate surface area is 126 Å². The second kappa shape index (κ2) is 6.51. The summed E-state index contributed by atoms with van der Waals surface area (Å²) in [6.45, 7) is 2.84. The van der Waals surface area contributed by atoms with Gasteiger partial charge < -0.3 is 21.8 Å². The van der Waals surface area contributed by atoms with Crippen LogP contribution in [0.2, 0.25) is 0 Å². The summed E-state index contributed by atoms with van der Waals surface area (Å²) in [6.07, 6.45) is 0. The van der Waals surface area contributed by atoms with E-state index in [1.54, 1.807) is 0 Å².